The van der Waals surface area contributed by atoms with Crippen molar-refractivity contribution in [1.82, 2.24) is 0 Å². The first-order valence-electron chi connectivity index (χ1n) is 4.18. The number of carbonyl (C=O) groups excluding carboxylic acids is 1. The maximum absolute atomic E-state index is 10.8. The van der Waals surface area contributed by atoms with Crippen LogP contribution in [0.25, 0.3) is 6.08 Å². The first-order valence-corrected chi connectivity index (χ1v) is 4.18. The Hall–Kier alpha value is -2.17. The lowest BCUT2D eigenvalue weighted by Crippen LogP contribution is -2.06. The molecule has 0 unspecified atom stereocenters. The molecule has 1 aromatic rings. The third-order valence-corrected chi connectivity index (χ3v) is 1.62. The minimum Gasteiger partial charge on any atom is -0.465 e. The Morgan fingerprint density at radius 2 is 2.33 bits per heavy atom. The fourth-order valence-electron chi connectivity index (χ4n) is 0.927. The molecule has 0 atom stereocenters. The number of hydrogen-bond acceptors (Lipinski definition) is 4. The number of furan rings is 1. The first-order chi connectivity index (χ1) is 7.11. The molecule has 5 heteroatoms. The van der Waals surface area contributed by atoms with Gasteiger partial charge >= 0.3 is 5.70 Å². The van der Waals surface area contributed by atoms with Gasteiger partial charge in [0.1, 0.15) is 5.76 Å². The number of nitrogens with zero attached hydrogens (tertiary/aromatic N) is 1. The van der Waals surface area contributed by atoms with E-state index >= 15 is 0 Å². The van der Waals surface area contributed by atoms with E-state index in [0.29, 0.717) is 5.76 Å². The molecule has 0 aromatic carbocycles. The zero-order chi connectivity index (χ0) is 11.3. The highest BCUT2D eigenvalue weighted by atomic mass is 16.6. The van der Waals surface area contributed by atoms with Crippen LogP contribution in [0.15, 0.2) is 40.7 Å². The second-order valence-electron chi connectivity index (χ2n) is 2.74. The summed E-state index contributed by atoms with van der Waals surface area (Å²) in [6.07, 6.45) is 5.57. The number of Topliss-reactive ketones (excluding diaryl/α,β-unsaturated/α-hetero) is 1. The van der Waals surface area contributed by atoms with Crippen LogP contribution in [0, 0.1) is 10.1 Å². The van der Waals surface area contributed by atoms with Crippen molar-refractivity contribution in [3.05, 3.63) is 52.1 Å². The molecule has 0 radical (unpaired) electrons. The molecule has 15 heavy (non-hydrogen) atoms. The van der Waals surface area contributed by atoms with Crippen LogP contribution in [-0.4, -0.2) is 10.7 Å². The smallest absolute Gasteiger partial charge is 0.311 e. The first kappa shape index (κ1) is 10.9. The van der Waals surface area contributed by atoms with E-state index < -0.39 is 16.4 Å². The summed E-state index contributed by atoms with van der Waals surface area (Å²) in [5, 5.41) is 10.4. The molecule has 0 aliphatic heterocycles. The maximum Gasteiger partial charge on any atom is 0.311 e. The average Bonchev–Trinajstić information content (AvgIpc) is 2.63. The fraction of sp³-hybridized carbons (Fsp3) is 0.100. The van der Waals surface area contributed by atoms with Crippen molar-refractivity contribution in [3.8, 4) is 0 Å². The summed E-state index contributed by atoms with van der Waals surface area (Å²) in [6.45, 7) is 1.15. The summed E-state index contributed by atoms with van der Waals surface area (Å²) in [6, 6.07) is 3.40. The molecule has 1 heterocycles. The van der Waals surface area contributed by atoms with E-state index in [9.17, 15) is 14.9 Å². The predicted octanol–water partition coefficient (Wildman–Crippen LogP) is 2.04. The number of allylic oxidation sites excluding steroid dienone is 3. The lowest BCUT2D eigenvalue weighted by atomic mass is 10.3. The van der Waals surface area contributed by atoms with Crippen LogP contribution in [-0.2, 0) is 4.79 Å². The van der Waals surface area contributed by atoms with Gasteiger partial charge in [-0.1, -0.05) is 6.08 Å². The van der Waals surface area contributed by atoms with E-state index in [1.54, 1.807) is 12.1 Å². The normalized spacial score (nSPS) is 11.9. The van der Waals surface area contributed by atoms with Crippen LogP contribution < -0.4 is 0 Å². The lowest BCUT2D eigenvalue weighted by Gasteiger charge is -1.89. The molecule has 1 aromatic heterocycles. The van der Waals surface area contributed by atoms with Crippen LogP contribution >= 0.6 is 0 Å². The van der Waals surface area contributed by atoms with Crippen LogP contribution in [0.4, 0.5) is 0 Å². The second-order valence-corrected chi connectivity index (χ2v) is 2.74. The van der Waals surface area contributed by atoms with Crippen molar-refractivity contribution < 1.29 is 14.1 Å². The Morgan fingerprint density at radius 3 is 2.80 bits per heavy atom. The summed E-state index contributed by atoms with van der Waals surface area (Å²) in [5.41, 5.74) is -0.446. The van der Waals surface area contributed by atoms with Gasteiger partial charge in [-0.25, -0.2) is 0 Å². The van der Waals surface area contributed by atoms with Crippen molar-refractivity contribution in [1.29, 1.82) is 0 Å². The van der Waals surface area contributed by atoms with Gasteiger partial charge in [-0.3, -0.25) is 14.9 Å². The number of ketones is 1. The molecule has 5 nitrogen and oxygen atoms in total. The molecular weight excluding hydrogens is 198 g/mol. The van der Waals surface area contributed by atoms with Crippen molar-refractivity contribution in [3.63, 3.8) is 0 Å². The van der Waals surface area contributed by atoms with Crippen LogP contribution in [0.3, 0.4) is 0 Å². The summed E-state index contributed by atoms with van der Waals surface area (Å²) < 4.78 is 4.97. The van der Waals surface area contributed by atoms with E-state index in [0.717, 1.165) is 13.0 Å². The number of nitro groups is 1. The van der Waals surface area contributed by atoms with E-state index in [1.165, 1.54) is 18.4 Å². The van der Waals surface area contributed by atoms with Gasteiger partial charge in [0.2, 0.25) is 5.78 Å². The van der Waals surface area contributed by atoms with Gasteiger partial charge in [-0.2, -0.15) is 0 Å². The standard InChI is InChI=1S/C10H9NO4/c1-8(12)10(11(13)14)6-2-4-9-5-3-7-15-9/h2-7H,1H3/b4-2+,10-6-. The van der Waals surface area contributed by atoms with Crippen molar-refractivity contribution >= 4 is 11.9 Å². The van der Waals surface area contributed by atoms with Crippen LogP contribution in [0.2, 0.25) is 0 Å². The third-order valence-electron chi connectivity index (χ3n) is 1.62. The van der Waals surface area contributed by atoms with E-state index in [-0.39, 0.29) is 0 Å². The Bertz CT molecular complexity index is 399. The largest absolute Gasteiger partial charge is 0.465 e. The van der Waals surface area contributed by atoms with Crippen LogP contribution in [0.1, 0.15) is 12.7 Å². The molecule has 0 spiro atoms. The third kappa shape index (κ3) is 3.22. The van der Waals surface area contributed by atoms with Gasteiger partial charge in [0.25, 0.3) is 0 Å². The van der Waals surface area contributed by atoms with E-state index in [1.807, 2.05) is 0 Å². The molecule has 0 fully saturated rings. The number of carbonyl (C=O) groups is 1. The summed E-state index contributed by atoms with van der Waals surface area (Å²) in [5.74, 6) is -0.0124. The molecule has 0 saturated heterocycles. The quantitative estimate of drug-likeness (QED) is 0.327. The highest BCUT2D eigenvalue weighted by Crippen LogP contribution is 2.04. The minimum absolute atomic E-state index is 0.446. The summed E-state index contributed by atoms with van der Waals surface area (Å²) >= 11 is 0. The van der Waals surface area contributed by atoms with Gasteiger partial charge < -0.3 is 4.42 Å². The maximum atomic E-state index is 10.8. The average molecular weight is 207 g/mol. The van der Waals surface area contributed by atoms with E-state index in [2.05, 4.69) is 0 Å². The van der Waals surface area contributed by atoms with Gasteiger partial charge in [-0.05, 0) is 18.2 Å². The van der Waals surface area contributed by atoms with Crippen LogP contribution in [0.5, 0.6) is 0 Å². The zero-order valence-electron chi connectivity index (χ0n) is 8.04. The highest BCUT2D eigenvalue weighted by Gasteiger charge is 2.14. The van der Waals surface area contributed by atoms with Gasteiger partial charge in [0, 0.05) is 13.0 Å². The zero-order valence-corrected chi connectivity index (χ0v) is 8.04. The fourth-order valence-corrected chi connectivity index (χ4v) is 0.927. The van der Waals surface area contributed by atoms with Gasteiger partial charge in [-0.15, -0.1) is 0 Å². The summed E-state index contributed by atoms with van der Waals surface area (Å²) in [4.78, 5) is 20.5. The van der Waals surface area contributed by atoms with Crippen molar-refractivity contribution in [2.24, 2.45) is 0 Å². The molecule has 0 bridgehead atoms. The van der Waals surface area contributed by atoms with Gasteiger partial charge in [0.15, 0.2) is 0 Å². The SMILES string of the molecule is CC(=O)/C(=C/C=C/c1ccco1)[N+](=O)[O-]. The number of rotatable bonds is 4. The Morgan fingerprint density at radius 1 is 1.60 bits per heavy atom. The lowest BCUT2D eigenvalue weighted by molar-refractivity contribution is -0.418. The monoisotopic (exact) mass is 207 g/mol. The molecule has 0 saturated carbocycles. The molecule has 0 amide bonds. The highest BCUT2D eigenvalue weighted by molar-refractivity contribution is 5.91. The molecule has 0 aliphatic carbocycles. The second kappa shape index (κ2) is 4.90. The molecule has 0 aliphatic rings. The minimum atomic E-state index is -0.713. The predicted molar refractivity (Wildman–Crippen MR) is 53.5 cm³/mol. The topological polar surface area (TPSA) is 73.3 Å². The molecular formula is C10H9NO4. The van der Waals surface area contributed by atoms with Crippen molar-refractivity contribution in [2.75, 3.05) is 0 Å². The van der Waals surface area contributed by atoms with Gasteiger partial charge in [0.05, 0.1) is 11.2 Å². The molecule has 1 rings (SSSR count). The summed E-state index contributed by atoms with van der Waals surface area (Å²) in [7, 11) is 0. The molecule has 0 N–H and O–H groups in total. The Balaban J connectivity index is 2.78. The Labute approximate surface area is 85.9 Å². The van der Waals surface area contributed by atoms with E-state index in [4.69, 9.17) is 4.42 Å². The van der Waals surface area contributed by atoms with Crippen molar-refractivity contribution in [2.45, 2.75) is 6.92 Å². The molecule has 78 valence electrons. The number of hydrogen-bond donors (Lipinski definition) is 0. The Kier molecular flexibility index (Phi) is 3.56.